The summed E-state index contributed by atoms with van der Waals surface area (Å²) in [6.07, 6.45) is 7.97. The number of benzene rings is 1. The first-order valence-corrected chi connectivity index (χ1v) is 13.7. The number of hydrogen-bond acceptors (Lipinski definition) is 5. The average Bonchev–Trinajstić information content (AvgIpc) is 2.91. The van der Waals surface area contributed by atoms with Crippen molar-refractivity contribution in [3.63, 3.8) is 0 Å². The number of ether oxygens (including phenoxy) is 1. The third kappa shape index (κ3) is 3.03. The summed E-state index contributed by atoms with van der Waals surface area (Å²) in [5.74, 6) is 0.0963. The summed E-state index contributed by atoms with van der Waals surface area (Å²) in [5, 5.41) is 10.5. The minimum Gasteiger partial charge on any atom is -0.444 e. The van der Waals surface area contributed by atoms with Gasteiger partial charge in [-0.3, -0.25) is 9.59 Å². The van der Waals surface area contributed by atoms with Crippen molar-refractivity contribution in [2.24, 2.45) is 11.1 Å². The Morgan fingerprint density at radius 1 is 1.00 bits per heavy atom. The van der Waals surface area contributed by atoms with Crippen LogP contribution in [0.25, 0.3) is 0 Å². The Balaban J connectivity index is 1.74. The highest BCUT2D eigenvalue weighted by Crippen LogP contribution is 2.64. The zero-order valence-electron chi connectivity index (χ0n) is 22.7. The van der Waals surface area contributed by atoms with Crippen molar-refractivity contribution in [1.29, 1.82) is 5.26 Å². The van der Waals surface area contributed by atoms with Crippen LogP contribution < -0.4 is 10.6 Å². The molecule has 194 valence electrons. The zero-order chi connectivity index (χ0) is 26.5. The number of aryl methyl sites for hydroxylation is 1. The number of ketones is 1. The molecule has 3 heterocycles. The van der Waals surface area contributed by atoms with Crippen LogP contribution in [-0.4, -0.2) is 17.2 Å². The van der Waals surface area contributed by atoms with Crippen LogP contribution in [0.1, 0.15) is 102 Å². The van der Waals surface area contributed by atoms with Crippen LogP contribution in [-0.2, 0) is 25.2 Å². The van der Waals surface area contributed by atoms with Crippen molar-refractivity contribution in [3.05, 3.63) is 51.6 Å². The van der Waals surface area contributed by atoms with Gasteiger partial charge < -0.3 is 15.4 Å². The largest absolute Gasteiger partial charge is 0.444 e. The van der Waals surface area contributed by atoms with E-state index in [0.29, 0.717) is 24.2 Å². The molecule has 0 radical (unpaired) electrons. The van der Waals surface area contributed by atoms with Gasteiger partial charge in [-0.05, 0) is 42.6 Å². The molecule has 1 fully saturated rings. The number of carbonyl (C=O) groups excluding carboxylic acids is 2. The second-order valence-corrected chi connectivity index (χ2v) is 13.5. The van der Waals surface area contributed by atoms with E-state index < -0.39 is 5.41 Å². The fourth-order valence-electron chi connectivity index (χ4n) is 8.33. The van der Waals surface area contributed by atoms with E-state index in [2.05, 4.69) is 26.0 Å². The Kier molecular flexibility index (Phi) is 4.92. The van der Waals surface area contributed by atoms with Gasteiger partial charge in [-0.2, -0.15) is 5.26 Å². The summed E-state index contributed by atoms with van der Waals surface area (Å²) in [5.41, 5.74) is 8.27. The topological polar surface area (TPSA) is 96.4 Å². The second-order valence-electron chi connectivity index (χ2n) is 13.5. The molecule has 0 aromatic heterocycles. The highest BCUT2D eigenvalue weighted by atomic mass is 16.5. The van der Waals surface area contributed by atoms with Gasteiger partial charge in [-0.1, -0.05) is 71.1 Å². The molecule has 3 aliphatic heterocycles. The summed E-state index contributed by atoms with van der Waals surface area (Å²) < 4.78 is 6.02. The highest BCUT2D eigenvalue weighted by molar-refractivity contribution is 6.21. The number of allylic oxidation sites excluding steroid dienone is 1. The maximum Gasteiger partial charge on any atom is 0.248 e. The highest BCUT2D eigenvalue weighted by Gasteiger charge is 2.67. The van der Waals surface area contributed by atoms with Gasteiger partial charge in [0.05, 0.1) is 11.3 Å². The lowest BCUT2D eigenvalue weighted by atomic mass is 9.61. The molecular weight excluding hydrogens is 462 g/mol. The molecule has 2 aliphatic carbocycles. The Morgan fingerprint density at radius 2 is 1.65 bits per heavy atom. The lowest BCUT2D eigenvalue weighted by Crippen LogP contribution is -2.60. The Hall–Kier alpha value is -3.07. The van der Waals surface area contributed by atoms with Crippen LogP contribution in [0.15, 0.2) is 34.9 Å². The van der Waals surface area contributed by atoms with E-state index >= 15 is 4.79 Å². The van der Waals surface area contributed by atoms with Crippen LogP contribution in [0, 0.1) is 23.7 Å². The predicted octanol–water partition coefficient (Wildman–Crippen LogP) is 5.72. The molecule has 0 bridgehead atoms. The molecule has 6 heteroatoms. The summed E-state index contributed by atoms with van der Waals surface area (Å²) in [6.45, 7) is 10.6. The number of carbonyl (C=O) groups is 2. The number of fused-ring (bicyclic) bond motifs is 3. The van der Waals surface area contributed by atoms with Gasteiger partial charge in [-0.25, -0.2) is 0 Å². The third-order valence-corrected chi connectivity index (χ3v) is 9.59. The van der Waals surface area contributed by atoms with Crippen molar-refractivity contribution in [3.8, 4) is 6.07 Å². The lowest BCUT2D eigenvalue weighted by Gasteiger charge is -2.52. The maximum absolute atomic E-state index is 15.2. The van der Waals surface area contributed by atoms with Gasteiger partial charge in [0.2, 0.25) is 11.8 Å². The SMILES string of the molecule is Cc1cc2c3c(c1)[C@]1(C(=O)N3C3(CCCCCC3)CC2(C)C)C(C#N)=C(N)OC2=C1C(=O)CC(C)(C)C2. The molecule has 6 rings (SSSR count). The van der Waals surface area contributed by atoms with Crippen LogP contribution >= 0.6 is 0 Å². The molecule has 2 spiro atoms. The van der Waals surface area contributed by atoms with E-state index in [-0.39, 0.29) is 39.5 Å². The number of Topliss-reactive ketones (excluding diaryl/α,β-unsaturated/α-hetero) is 1. The van der Waals surface area contributed by atoms with Gasteiger partial charge in [-0.15, -0.1) is 0 Å². The van der Waals surface area contributed by atoms with Crippen molar-refractivity contribution >= 4 is 17.4 Å². The number of nitrogens with two attached hydrogens (primary N) is 1. The monoisotopic (exact) mass is 499 g/mol. The lowest BCUT2D eigenvalue weighted by molar-refractivity contribution is -0.126. The molecular formula is C31H37N3O3. The number of nitriles is 1. The van der Waals surface area contributed by atoms with E-state index in [1.807, 2.05) is 31.7 Å². The zero-order valence-corrected chi connectivity index (χ0v) is 22.7. The first kappa shape index (κ1) is 24.3. The van der Waals surface area contributed by atoms with Crippen molar-refractivity contribution in [2.75, 3.05) is 4.90 Å². The van der Waals surface area contributed by atoms with E-state index in [9.17, 15) is 10.1 Å². The molecule has 1 aromatic rings. The second kappa shape index (κ2) is 7.49. The van der Waals surface area contributed by atoms with Crippen molar-refractivity contribution in [1.82, 2.24) is 0 Å². The van der Waals surface area contributed by atoms with E-state index in [1.54, 1.807) is 0 Å². The summed E-state index contributed by atoms with van der Waals surface area (Å²) >= 11 is 0. The fraction of sp³-hybridized carbons (Fsp3) is 0.581. The van der Waals surface area contributed by atoms with Crippen LogP contribution in [0.5, 0.6) is 0 Å². The van der Waals surface area contributed by atoms with Crippen LogP contribution in [0.2, 0.25) is 0 Å². The van der Waals surface area contributed by atoms with E-state index in [4.69, 9.17) is 10.5 Å². The van der Waals surface area contributed by atoms with Gasteiger partial charge in [0.25, 0.3) is 0 Å². The summed E-state index contributed by atoms with van der Waals surface area (Å²) in [6, 6.07) is 6.48. The number of amides is 1. The van der Waals surface area contributed by atoms with Crippen molar-refractivity contribution in [2.45, 2.75) is 109 Å². The molecule has 1 amide bonds. The molecule has 2 N–H and O–H groups in total. The molecule has 1 saturated carbocycles. The van der Waals surface area contributed by atoms with Gasteiger partial charge in [0, 0.05) is 23.9 Å². The number of anilines is 1. The van der Waals surface area contributed by atoms with E-state index in [1.165, 1.54) is 0 Å². The fourth-order valence-corrected chi connectivity index (χ4v) is 8.33. The molecule has 0 unspecified atom stereocenters. The predicted molar refractivity (Wildman–Crippen MR) is 141 cm³/mol. The molecule has 1 atom stereocenters. The smallest absolute Gasteiger partial charge is 0.248 e. The van der Waals surface area contributed by atoms with Gasteiger partial charge in [0.1, 0.15) is 22.8 Å². The molecule has 0 saturated heterocycles. The van der Waals surface area contributed by atoms with Crippen LogP contribution in [0.3, 0.4) is 0 Å². The van der Waals surface area contributed by atoms with E-state index in [0.717, 1.165) is 67.3 Å². The standard InChI is InChI=1S/C31H37N3O3/c1-18-12-19-25-20(13-18)31(21(16-32)26(33)37-23-15-28(2,3)14-22(35)24(23)31)27(36)34(25)30(17-29(19,4)5)10-8-6-7-9-11-30/h12-13H,6-11,14-15,17,33H2,1-5H3/t31-/m0/s1. The molecule has 37 heavy (non-hydrogen) atoms. The minimum atomic E-state index is -1.55. The van der Waals surface area contributed by atoms with Crippen molar-refractivity contribution < 1.29 is 14.3 Å². The quantitative estimate of drug-likeness (QED) is 0.492. The van der Waals surface area contributed by atoms with Gasteiger partial charge >= 0.3 is 0 Å². The minimum absolute atomic E-state index is 0.0515. The molecule has 5 aliphatic rings. The number of rotatable bonds is 0. The Bertz CT molecular complexity index is 1360. The number of hydrogen-bond donors (Lipinski definition) is 1. The van der Waals surface area contributed by atoms with Crippen LogP contribution in [0.4, 0.5) is 5.69 Å². The normalized spacial score (nSPS) is 29.1. The molecule has 6 nitrogen and oxygen atoms in total. The Morgan fingerprint density at radius 3 is 2.30 bits per heavy atom. The molecule has 1 aromatic carbocycles. The average molecular weight is 500 g/mol. The summed E-state index contributed by atoms with van der Waals surface area (Å²) in [7, 11) is 0. The first-order valence-electron chi connectivity index (χ1n) is 13.7. The number of nitrogens with zero attached hydrogens (tertiary/aromatic N) is 2. The third-order valence-electron chi connectivity index (χ3n) is 9.59. The summed E-state index contributed by atoms with van der Waals surface area (Å²) in [4.78, 5) is 31.2. The maximum atomic E-state index is 15.2. The first-order chi connectivity index (χ1) is 17.4. The Labute approximate surface area is 219 Å². The van der Waals surface area contributed by atoms with Gasteiger partial charge in [0.15, 0.2) is 5.78 Å².